The van der Waals surface area contributed by atoms with Crippen molar-refractivity contribution in [3.8, 4) is 0 Å². The summed E-state index contributed by atoms with van der Waals surface area (Å²) < 4.78 is 39.5. The van der Waals surface area contributed by atoms with Crippen LogP contribution >= 0.6 is 0 Å². The van der Waals surface area contributed by atoms with Crippen LogP contribution in [0, 0.1) is 0 Å². The van der Waals surface area contributed by atoms with Crippen LogP contribution in [0.2, 0.25) is 0 Å². The van der Waals surface area contributed by atoms with Gasteiger partial charge in [-0.1, -0.05) is 24.6 Å². The zero-order valence-electron chi connectivity index (χ0n) is 12.9. The van der Waals surface area contributed by atoms with Crippen molar-refractivity contribution in [3.63, 3.8) is 0 Å². The second kappa shape index (κ2) is 7.65. The average molecular weight is 344 g/mol. The Labute approximate surface area is 137 Å². The van der Waals surface area contributed by atoms with E-state index in [-0.39, 0.29) is 24.1 Å². The van der Waals surface area contributed by atoms with E-state index in [1.54, 1.807) is 6.07 Å². The van der Waals surface area contributed by atoms with E-state index in [1.165, 1.54) is 12.1 Å². The van der Waals surface area contributed by atoms with Crippen LogP contribution in [0.1, 0.15) is 36.3 Å². The molecule has 0 bridgehead atoms. The molecule has 0 radical (unpaired) electrons. The Bertz CT molecular complexity index is 604. The number of hydrogen-bond acceptors (Lipinski definition) is 3. The molecule has 1 amide bonds. The first-order valence-electron chi connectivity index (χ1n) is 7.67. The van der Waals surface area contributed by atoms with Crippen molar-refractivity contribution in [2.45, 2.75) is 37.4 Å². The number of alkyl halides is 3. The van der Waals surface area contributed by atoms with Crippen molar-refractivity contribution in [1.82, 2.24) is 10.6 Å². The summed E-state index contributed by atoms with van der Waals surface area (Å²) in [5, 5.41) is 13.7. The van der Waals surface area contributed by atoms with Crippen molar-refractivity contribution in [2.24, 2.45) is 0 Å². The summed E-state index contributed by atoms with van der Waals surface area (Å²) >= 11 is 0. The van der Waals surface area contributed by atoms with Crippen LogP contribution in [0.25, 0.3) is 0 Å². The number of rotatable bonds is 6. The summed E-state index contributed by atoms with van der Waals surface area (Å²) in [6, 6.07) is 5.26. The quantitative estimate of drug-likeness (QED) is 0.739. The Hall–Kier alpha value is -2.09. The molecule has 0 spiro atoms. The van der Waals surface area contributed by atoms with E-state index >= 15 is 0 Å². The molecule has 2 rings (SSSR count). The zero-order chi connectivity index (χ0) is 17.7. The number of nitrogens with one attached hydrogen (secondary N) is 2. The molecule has 132 valence electrons. The van der Waals surface area contributed by atoms with Gasteiger partial charge in [0.1, 0.15) is 6.54 Å². The smallest absolute Gasteiger partial charge is 0.416 e. The predicted octanol–water partition coefficient (Wildman–Crippen LogP) is 2.13. The maximum Gasteiger partial charge on any atom is 0.416 e. The molecule has 1 fully saturated rings. The lowest BCUT2D eigenvalue weighted by molar-refractivity contribution is -0.138. The van der Waals surface area contributed by atoms with Gasteiger partial charge in [0.25, 0.3) is 0 Å². The Morgan fingerprint density at radius 2 is 1.88 bits per heavy atom. The largest absolute Gasteiger partial charge is 0.480 e. The lowest BCUT2D eigenvalue weighted by Crippen LogP contribution is -2.41. The normalized spacial score (nSPS) is 20.8. The van der Waals surface area contributed by atoms with Crippen LogP contribution in [0.4, 0.5) is 13.2 Å². The molecule has 0 aromatic heterocycles. The van der Waals surface area contributed by atoms with Gasteiger partial charge in [0.05, 0.1) is 12.1 Å². The van der Waals surface area contributed by atoms with E-state index in [4.69, 9.17) is 5.11 Å². The van der Waals surface area contributed by atoms with Gasteiger partial charge in [0.2, 0.25) is 5.91 Å². The van der Waals surface area contributed by atoms with E-state index < -0.39 is 30.2 Å². The highest BCUT2D eigenvalue weighted by Crippen LogP contribution is 2.41. The first-order valence-corrected chi connectivity index (χ1v) is 7.67. The molecule has 2 unspecified atom stereocenters. The summed E-state index contributed by atoms with van der Waals surface area (Å²) in [6.45, 7) is -0.603. The Morgan fingerprint density at radius 3 is 2.54 bits per heavy atom. The molecule has 5 nitrogen and oxygen atoms in total. The standard InChI is InChI=1S/C16H19F3N2O3/c17-16(18,19)12-6-2-1-4-10(12)11-5-3-7-13(11)20-8-14(22)21-9-15(23)24/h1-2,4,6,11,13,20H,3,5,7-9H2,(H,21,22)(H,23,24). The van der Waals surface area contributed by atoms with Crippen LogP contribution < -0.4 is 10.6 Å². The molecular weight excluding hydrogens is 325 g/mol. The minimum atomic E-state index is -4.41. The Morgan fingerprint density at radius 1 is 1.17 bits per heavy atom. The first-order chi connectivity index (χ1) is 11.3. The Kier molecular flexibility index (Phi) is 5.82. The van der Waals surface area contributed by atoms with Crippen molar-refractivity contribution >= 4 is 11.9 Å². The number of amides is 1. The third-order valence-electron chi connectivity index (χ3n) is 4.14. The van der Waals surface area contributed by atoms with Gasteiger partial charge in [-0.15, -0.1) is 0 Å². The summed E-state index contributed by atoms with van der Waals surface area (Å²) in [5.74, 6) is -1.97. The van der Waals surface area contributed by atoms with Crippen molar-refractivity contribution in [2.75, 3.05) is 13.1 Å². The molecule has 1 aromatic rings. The average Bonchev–Trinajstić information content (AvgIpc) is 2.98. The van der Waals surface area contributed by atoms with Crippen LogP contribution in [0.5, 0.6) is 0 Å². The Balaban J connectivity index is 2.04. The monoisotopic (exact) mass is 344 g/mol. The van der Waals surface area contributed by atoms with Crippen LogP contribution in [0.15, 0.2) is 24.3 Å². The first kappa shape index (κ1) is 18.3. The molecular formula is C16H19F3N2O3. The molecule has 0 saturated heterocycles. The highest BCUT2D eigenvalue weighted by atomic mass is 19.4. The lowest BCUT2D eigenvalue weighted by atomic mass is 9.90. The van der Waals surface area contributed by atoms with Gasteiger partial charge >= 0.3 is 12.1 Å². The second-order valence-corrected chi connectivity index (χ2v) is 5.78. The third kappa shape index (κ3) is 4.70. The summed E-state index contributed by atoms with van der Waals surface area (Å²) in [5.41, 5.74) is -0.398. The van der Waals surface area contributed by atoms with Gasteiger partial charge in [0.15, 0.2) is 0 Å². The second-order valence-electron chi connectivity index (χ2n) is 5.78. The number of carbonyl (C=O) groups excluding carboxylic acids is 1. The lowest BCUT2D eigenvalue weighted by Gasteiger charge is -2.24. The number of benzene rings is 1. The maximum absolute atomic E-state index is 13.2. The van der Waals surface area contributed by atoms with Crippen molar-refractivity contribution in [1.29, 1.82) is 0 Å². The van der Waals surface area contributed by atoms with Crippen molar-refractivity contribution < 1.29 is 27.9 Å². The number of halogens is 3. The summed E-state index contributed by atoms with van der Waals surface area (Å²) in [6.07, 6.45) is -2.36. The minimum absolute atomic E-state index is 0.122. The molecule has 3 N–H and O–H groups in total. The van der Waals surface area contributed by atoms with Gasteiger partial charge in [0, 0.05) is 6.04 Å². The summed E-state index contributed by atoms with van der Waals surface area (Å²) in [7, 11) is 0. The number of carboxylic acids is 1. The van der Waals surface area contributed by atoms with Gasteiger partial charge in [-0.05, 0) is 30.4 Å². The molecule has 8 heteroatoms. The third-order valence-corrected chi connectivity index (χ3v) is 4.14. The highest BCUT2D eigenvalue weighted by molar-refractivity contribution is 5.82. The van der Waals surface area contributed by atoms with E-state index in [0.29, 0.717) is 12.8 Å². The fourth-order valence-corrected chi connectivity index (χ4v) is 3.12. The van der Waals surface area contributed by atoms with E-state index in [2.05, 4.69) is 10.6 Å². The number of carboxylic acid groups (broad SMARTS) is 1. The number of carbonyl (C=O) groups is 2. The van der Waals surface area contributed by atoms with E-state index in [1.807, 2.05) is 0 Å². The molecule has 0 aliphatic heterocycles. The number of hydrogen-bond donors (Lipinski definition) is 3. The topological polar surface area (TPSA) is 78.4 Å². The van der Waals surface area contributed by atoms with Crippen LogP contribution in [0.3, 0.4) is 0 Å². The summed E-state index contributed by atoms with van der Waals surface area (Å²) in [4.78, 5) is 21.9. The van der Waals surface area contributed by atoms with Crippen LogP contribution in [-0.2, 0) is 15.8 Å². The molecule has 1 aromatic carbocycles. The fourth-order valence-electron chi connectivity index (χ4n) is 3.12. The molecule has 0 heterocycles. The maximum atomic E-state index is 13.2. The van der Waals surface area contributed by atoms with Crippen LogP contribution in [-0.4, -0.2) is 36.1 Å². The molecule has 24 heavy (non-hydrogen) atoms. The van der Waals surface area contributed by atoms with Gasteiger partial charge < -0.3 is 15.7 Å². The molecule has 1 aliphatic carbocycles. The van der Waals surface area contributed by atoms with Gasteiger partial charge in [-0.25, -0.2) is 0 Å². The fraction of sp³-hybridized carbons (Fsp3) is 0.500. The predicted molar refractivity (Wildman–Crippen MR) is 80.5 cm³/mol. The number of aliphatic carboxylic acids is 1. The van der Waals surface area contributed by atoms with E-state index in [0.717, 1.165) is 12.5 Å². The van der Waals surface area contributed by atoms with Gasteiger partial charge in [-0.3, -0.25) is 9.59 Å². The zero-order valence-corrected chi connectivity index (χ0v) is 12.9. The highest BCUT2D eigenvalue weighted by Gasteiger charge is 2.38. The minimum Gasteiger partial charge on any atom is -0.480 e. The molecule has 1 aliphatic rings. The molecule has 2 atom stereocenters. The molecule has 1 saturated carbocycles. The van der Waals surface area contributed by atoms with Crippen molar-refractivity contribution in [3.05, 3.63) is 35.4 Å². The van der Waals surface area contributed by atoms with Gasteiger partial charge in [-0.2, -0.15) is 13.2 Å². The SMILES string of the molecule is O=C(O)CNC(=O)CNC1CCCC1c1ccccc1C(F)(F)F. The van der Waals surface area contributed by atoms with E-state index in [9.17, 15) is 22.8 Å².